The Balaban J connectivity index is 1.69. The van der Waals surface area contributed by atoms with Gasteiger partial charge in [0, 0.05) is 11.1 Å². The number of nitrogens with zero attached hydrogens (tertiary/aromatic N) is 2. The zero-order valence-electron chi connectivity index (χ0n) is 11.5. The molecular weight excluding hydrogens is 338 g/mol. The van der Waals surface area contributed by atoms with E-state index in [2.05, 4.69) is 15.3 Å². The normalized spacial score (nSPS) is 11.2. The highest BCUT2D eigenvalue weighted by Crippen LogP contribution is 2.34. The molecule has 1 N–H and O–H groups in total. The van der Waals surface area contributed by atoms with Gasteiger partial charge in [0.15, 0.2) is 10.3 Å². The molecule has 0 spiro atoms. The lowest BCUT2D eigenvalue weighted by Gasteiger charge is -1.96. The number of methoxy groups -OCH3 is 1. The lowest BCUT2D eigenvalue weighted by atomic mass is 10.3. The Kier molecular flexibility index (Phi) is 3.37. The minimum atomic E-state index is 0.717. The number of ether oxygens (including phenoxy) is 1. The summed E-state index contributed by atoms with van der Waals surface area (Å²) in [7, 11) is 1.65. The van der Waals surface area contributed by atoms with Crippen molar-refractivity contribution in [3.05, 3.63) is 41.4 Å². The van der Waals surface area contributed by atoms with Crippen molar-refractivity contribution in [2.75, 3.05) is 12.4 Å². The molecule has 2 heterocycles. The van der Waals surface area contributed by atoms with Gasteiger partial charge in [-0.25, -0.2) is 9.97 Å². The lowest BCUT2D eigenvalue weighted by molar-refractivity contribution is 0.415. The summed E-state index contributed by atoms with van der Waals surface area (Å²) >= 11 is 9.15. The van der Waals surface area contributed by atoms with E-state index in [1.807, 2.05) is 36.4 Å². The van der Waals surface area contributed by atoms with Crippen LogP contribution in [-0.2, 0) is 0 Å². The third-order valence-electron chi connectivity index (χ3n) is 3.16. The summed E-state index contributed by atoms with van der Waals surface area (Å²) in [5.74, 6) is 0.805. The van der Waals surface area contributed by atoms with Crippen molar-refractivity contribution in [3.63, 3.8) is 0 Å². The van der Waals surface area contributed by atoms with E-state index >= 15 is 0 Å². The van der Waals surface area contributed by atoms with Crippen LogP contribution in [0.15, 0.2) is 36.4 Å². The third-order valence-corrected chi connectivity index (χ3v) is 5.28. The van der Waals surface area contributed by atoms with E-state index in [1.165, 1.54) is 0 Å². The molecule has 0 saturated carbocycles. The number of nitrogens with one attached hydrogen (secondary N) is 1. The van der Waals surface area contributed by atoms with Gasteiger partial charge in [-0.1, -0.05) is 34.3 Å². The first kappa shape index (κ1) is 13.8. The van der Waals surface area contributed by atoms with Crippen molar-refractivity contribution < 1.29 is 4.74 Å². The standard InChI is InChI=1S/C15H10ClN3OS2/c1-20-9-3-5-12-11(7-9)18-15(21-12)19-14-17-10-4-2-8(16)6-13(10)22-14/h2-7H,1H3,(H,17,18,19). The van der Waals surface area contributed by atoms with E-state index in [9.17, 15) is 0 Å². The molecule has 0 bridgehead atoms. The fourth-order valence-electron chi connectivity index (χ4n) is 2.13. The molecule has 0 fully saturated rings. The Morgan fingerprint density at radius 2 is 1.73 bits per heavy atom. The Morgan fingerprint density at radius 3 is 2.55 bits per heavy atom. The maximum atomic E-state index is 6.01. The summed E-state index contributed by atoms with van der Waals surface area (Å²) in [5.41, 5.74) is 1.84. The van der Waals surface area contributed by atoms with Crippen LogP contribution in [0.25, 0.3) is 20.4 Å². The number of aromatic nitrogens is 2. The highest BCUT2D eigenvalue weighted by molar-refractivity contribution is 7.24. The largest absolute Gasteiger partial charge is 0.497 e. The van der Waals surface area contributed by atoms with Gasteiger partial charge in [-0.3, -0.25) is 0 Å². The summed E-state index contributed by atoms with van der Waals surface area (Å²) in [6.07, 6.45) is 0. The van der Waals surface area contributed by atoms with Gasteiger partial charge in [-0.15, -0.1) is 0 Å². The van der Waals surface area contributed by atoms with E-state index in [-0.39, 0.29) is 0 Å². The van der Waals surface area contributed by atoms with Crippen LogP contribution >= 0.6 is 34.3 Å². The van der Waals surface area contributed by atoms with Gasteiger partial charge in [0.2, 0.25) is 0 Å². The van der Waals surface area contributed by atoms with Crippen LogP contribution in [-0.4, -0.2) is 17.1 Å². The van der Waals surface area contributed by atoms with Gasteiger partial charge < -0.3 is 10.1 Å². The summed E-state index contributed by atoms with van der Waals surface area (Å²) in [6.45, 7) is 0. The van der Waals surface area contributed by atoms with Crippen molar-refractivity contribution in [1.29, 1.82) is 0 Å². The predicted molar refractivity (Wildman–Crippen MR) is 94.1 cm³/mol. The molecule has 0 radical (unpaired) electrons. The molecule has 2 aromatic carbocycles. The number of hydrogen-bond donors (Lipinski definition) is 1. The van der Waals surface area contributed by atoms with E-state index in [0.29, 0.717) is 0 Å². The first-order valence-electron chi connectivity index (χ1n) is 6.49. The second kappa shape index (κ2) is 5.39. The van der Waals surface area contributed by atoms with Gasteiger partial charge in [-0.05, 0) is 30.3 Å². The first-order valence-corrected chi connectivity index (χ1v) is 8.50. The van der Waals surface area contributed by atoms with Crippen LogP contribution in [0.5, 0.6) is 5.75 Å². The summed E-state index contributed by atoms with van der Waals surface area (Å²) in [4.78, 5) is 9.12. The molecule has 22 heavy (non-hydrogen) atoms. The van der Waals surface area contributed by atoms with Gasteiger partial charge in [0.05, 0.1) is 27.5 Å². The molecule has 0 atom stereocenters. The van der Waals surface area contributed by atoms with Crippen LogP contribution in [0.1, 0.15) is 0 Å². The average molecular weight is 348 g/mol. The summed E-state index contributed by atoms with van der Waals surface area (Å²) in [5, 5.41) is 5.61. The van der Waals surface area contributed by atoms with Gasteiger partial charge in [0.1, 0.15) is 5.75 Å². The number of fused-ring (bicyclic) bond motifs is 2. The molecular formula is C15H10ClN3OS2. The number of benzene rings is 2. The minimum absolute atomic E-state index is 0.717. The fourth-order valence-corrected chi connectivity index (χ4v) is 4.18. The molecule has 0 aliphatic carbocycles. The zero-order chi connectivity index (χ0) is 15.1. The maximum absolute atomic E-state index is 6.01. The number of halogens is 1. The van der Waals surface area contributed by atoms with Crippen LogP contribution in [0.4, 0.5) is 10.3 Å². The molecule has 4 aromatic rings. The van der Waals surface area contributed by atoms with E-state index in [1.54, 1.807) is 29.8 Å². The Hall–Kier alpha value is -1.89. The van der Waals surface area contributed by atoms with E-state index in [0.717, 1.165) is 41.5 Å². The third kappa shape index (κ3) is 2.49. The Bertz CT molecular complexity index is 979. The second-order valence-electron chi connectivity index (χ2n) is 4.61. The van der Waals surface area contributed by atoms with E-state index in [4.69, 9.17) is 16.3 Å². The molecule has 7 heteroatoms. The van der Waals surface area contributed by atoms with Crippen LogP contribution in [0.3, 0.4) is 0 Å². The highest BCUT2D eigenvalue weighted by Gasteiger charge is 2.09. The smallest absolute Gasteiger partial charge is 0.190 e. The molecule has 0 saturated heterocycles. The molecule has 0 aliphatic rings. The molecule has 2 aromatic heterocycles. The number of thiazole rings is 2. The fraction of sp³-hybridized carbons (Fsp3) is 0.0667. The molecule has 0 aliphatic heterocycles. The first-order chi connectivity index (χ1) is 10.7. The van der Waals surface area contributed by atoms with Gasteiger partial charge in [-0.2, -0.15) is 0 Å². The van der Waals surface area contributed by atoms with Gasteiger partial charge in [0.25, 0.3) is 0 Å². The van der Waals surface area contributed by atoms with Crippen LogP contribution in [0, 0.1) is 0 Å². The van der Waals surface area contributed by atoms with Crippen LogP contribution < -0.4 is 10.1 Å². The van der Waals surface area contributed by atoms with Crippen molar-refractivity contribution in [3.8, 4) is 5.75 Å². The highest BCUT2D eigenvalue weighted by atomic mass is 35.5. The SMILES string of the molecule is COc1ccc2sc(Nc3nc4ccc(Cl)cc4s3)nc2c1. The Labute approximate surface area is 139 Å². The minimum Gasteiger partial charge on any atom is -0.497 e. The molecule has 0 amide bonds. The molecule has 0 unspecified atom stereocenters. The maximum Gasteiger partial charge on any atom is 0.190 e. The molecule has 4 rings (SSSR count). The monoisotopic (exact) mass is 347 g/mol. The lowest BCUT2D eigenvalue weighted by Crippen LogP contribution is -1.87. The van der Waals surface area contributed by atoms with Crippen LogP contribution in [0.2, 0.25) is 5.02 Å². The average Bonchev–Trinajstić information content (AvgIpc) is 3.08. The number of rotatable bonds is 3. The molecule has 4 nitrogen and oxygen atoms in total. The van der Waals surface area contributed by atoms with Crippen molar-refractivity contribution in [2.45, 2.75) is 0 Å². The topological polar surface area (TPSA) is 47.0 Å². The molecule has 110 valence electrons. The number of anilines is 2. The van der Waals surface area contributed by atoms with Gasteiger partial charge >= 0.3 is 0 Å². The summed E-state index contributed by atoms with van der Waals surface area (Å²) < 4.78 is 7.38. The zero-order valence-corrected chi connectivity index (χ0v) is 13.9. The summed E-state index contributed by atoms with van der Waals surface area (Å²) in [6, 6.07) is 11.6. The quantitative estimate of drug-likeness (QED) is 0.545. The predicted octanol–water partition coefficient (Wildman–Crippen LogP) is 5.31. The van der Waals surface area contributed by atoms with Crippen molar-refractivity contribution >= 4 is 65.0 Å². The van der Waals surface area contributed by atoms with E-state index < -0.39 is 0 Å². The Morgan fingerprint density at radius 1 is 0.955 bits per heavy atom. The number of hydrogen-bond acceptors (Lipinski definition) is 6. The second-order valence-corrected chi connectivity index (χ2v) is 7.11. The van der Waals surface area contributed by atoms with Crippen molar-refractivity contribution in [2.24, 2.45) is 0 Å². The van der Waals surface area contributed by atoms with Crippen molar-refractivity contribution in [1.82, 2.24) is 9.97 Å².